The van der Waals surface area contributed by atoms with Crippen LogP contribution >= 0.6 is 0 Å². The predicted octanol–water partition coefficient (Wildman–Crippen LogP) is 3.21. The van der Waals surface area contributed by atoms with Crippen molar-refractivity contribution < 1.29 is 14.3 Å². The van der Waals surface area contributed by atoms with Crippen LogP contribution in [0, 0.1) is 11.8 Å². The number of amides is 3. The molecule has 9 heteroatoms. The predicted molar refractivity (Wildman–Crippen MR) is 129 cm³/mol. The highest BCUT2D eigenvalue weighted by Gasteiger charge is 2.30. The molecule has 3 amide bonds. The number of pyridine rings is 1. The molecule has 34 heavy (non-hydrogen) atoms. The van der Waals surface area contributed by atoms with Crippen molar-refractivity contribution in [3.8, 4) is 0 Å². The van der Waals surface area contributed by atoms with E-state index in [1.807, 2.05) is 37.3 Å². The summed E-state index contributed by atoms with van der Waals surface area (Å²) in [5.41, 5.74) is 10.2. The van der Waals surface area contributed by atoms with Crippen molar-refractivity contribution in [2.75, 3.05) is 30.8 Å². The van der Waals surface area contributed by atoms with Crippen molar-refractivity contribution in [1.29, 1.82) is 0 Å². The minimum absolute atomic E-state index is 0.0434. The van der Waals surface area contributed by atoms with Gasteiger partial charge >= 0.3 is 6.03 Å². The molecule has 0 radical (unpaired) electrons. The standard InChI is InChI=1S/C25H30N6O3/c1-16-12-23(32)31(13-17-8-10-34-11-9-17)29-24(16)18-2-5-20(6-3-18)27-25(33)30-14-19-4-7-22(26)28-21(19)15-30/h2-7,16-17H,8-15H2,1H3,(H2,26,28)(H,27,33). The van der Waals surface area contributed by atoms with Crippen molar-refractivity contribution in [2.24, 2.45) is 16.9 Å². The molecule has 1 unspecified atom stereocenters. The fraction of sp³-hybridized carbons (Fsp3) is 0.440. The molecule has 1 fully saturated rings. The molecule has 178 valence electrons. The topological polar surface area (TPSA) is 113 Å². The third-order valence-electron chi connectivity index (χ3n) is 6.75. The molecule has 3 aliphatic rings. The summed E-state index contributed by atoms with van der Waals surface area (Å²) in [6, 6.07) is 11.2. The SMILES string of the molecule is CC1CC(=O)N(CC2CCOCC2)N=C1c1ccc(NC(=O)N2Cc3ccc(N)nc3C2)cc1. The number of aromatic nitrogens is 1. The minimum Gasteiger partial charge on any atom is -0.384 e. The number of nitrogen functional groups attached to an aromatic ring is 1. The number of nitrogens with zero attached hydrogens (tertiary/aromatic N) is 4. The number of hydrogen-bond acceptors (Lipinski definition) is 6. The van der Waals surface area contributed by atoms with Gasteiger partial charge in [-0.3, -0.25) is 4.79 Å². The lowest BCUT2D eigenvalue weighted by atomic mass is 9.93. The van der Waals surface area contributed by atoms with Crippen LogP contribution in [0.5, 0.6) is 0 Å². The van der Waals surface area contributed by atoms with E-state index in [0.29, 0.717) is 43.5 Å². The highest BCUT2D eigenvalue weighted by Crippen LogP contribution is 2.26. The second-order valence-electron chi connectivity index (χ2n) is 9.33. The van der Waals surface area contributed by atoms with Gasteiger partial charge in [0.2, 0.25) is 5.91 Å². The Kier molecular flexibility index (Phi) is 6.19. The first kappa shape index (κ1) is 22.3. The quantitative estimate of drug-likeness (QED) is 0.724. The Hall–Kier alpha value is -3.46. The molecular weight excluding hydrogens is 432 g/mol. The summed E-state index contributed by atoms with van der Waals surface area (Å²) >= 11 is 0. The van der Waals surface area contributed by atoms with E-state index in [1.165, 1.54) is 0 Å². The van der Waals surface area contributed by atoms with E-state index in [1.54, 1.807) is 16.0 Å². The molecule has 3 N–H and O–H groups in total. The van der Waals surface area contributed by atoms with Crippen LogP contribution in [0.1, 0.15) is 43.0 Å². The second kappa shape index (κ2) is 9.42. The number of carbonyl (C=O) groups excluding carboxylic acids is 2. The number of benzene rings is 1. The van der Waals surface area contributed by atoms with Crippen LogP contribution in [0.3, 0.4) is 0 Å². The summed E-state index contributed by atoms with van der Waals surface area (Å²) in [7, 11) is 0. The van der Waals surface area contributed by atoms with Gasteiger partial charge in [0.05, 0.1) is 18.0 Å². The number of hydrazone groups is 1. The van der Waals surface area contributed by atoms with Crippen LogP contribution < -0.4 is 11.1 Å². The van der Waals surface area contributed by atoms with E-state index in [-0.39, 0.29) is 17.9 Å². The number of fused-ring (bicyclic) bond motifs is 1. The van der Waals surface area contributed by atoms with E-state index in [0.717, 1.165) is 48.6 Å². The summed E-state index contributed by atoms with van der Waals surface area (Å²) in [5, 5.41) is 9.34. The maximum atomic E-state index is 12.8. The molecular formula is C25H30N6O3. The van der Waals surface area contributed by atoms with Gasteiger partial charge < -0.3 is 20.7 Å². The van der Waals surface area contributed by atoms with Gasteiger partial charge in [-0.15, -0.1) is 0 Å². The van der Waals surface area contributed by atoms with Gasteiger partial charge in [0.25, 0.3) is 0 Å². The van der Waals surface area contributed by atoms with Crippen molar-refractivity contribution >= 4 is 29.2 Å². The number of rotatable bonds is 4. The normalized spacial score (nSPS) is 20.8. The number of nitrogens with two attached hydrogens (primary N) is 1. The zero-order valence-corrected chi connectivity index (χ0v) is 19.4. The molecule has 1 aromatic heterocycles. The lowest BCUT2D eigenvalue weighted by Crippen LogP contribution is -2.40. The van der Waals surface area contributed by atoms with E-state index < -0.39 is 0 Å². The molecule has 4 heterocycles. The van der Waals surface area contributed by atoms with E-state index in [2.05, 4.69) is 10.3 Å². The maximum absolute atomic E-state index is 12.8. The van der Waals surface area contributed by atoms with Crippen molar-refractivity contribution in [2.45, 2.75) is 39.3 Å². The number of ether oxygens (including phenoxy) is 1. The van der Waals surface area contributed by atoms with E-state index in [9.17, 15) is 9.59 Å². The largest absolute Gasteiger partial charge is 0.384 e. The van der Waals surface area contributed by atoms with Crippen molar-refractivity contribution in [3.63, 3.8) is 0 Å². The van der Waals surface area contributed by atoms with Crippen LogP contribution in [0.2, 0.25) is 0 Å². The molecule has 1 aromatic carbocycles. The summed E-state index contributed by atoms with van der Waals surface area (Å²) < 4.78 is 5.44. The van der Waals surface area contributed by atoms with E-state index >= 15 is 0 Å². The number of hydrogen-bond donors (Lipinski definition) is 2. The number of nitrogens with one attached hydrogen (secondary N) is 1. The maximum Gasteiger partial charge on any atom is 0.322 e. The van der Waals surface area contributed by atoms with Gasteiger partial charge in [0.1, 0.15) is 5.82 Å². The average molecular weight is 463 g/mol. The Labute approximate surface area is 199 Å². The Morgan fingerprint density at radius 2 is 1.91 bits per heavy atom. The van der Waals surface area contributed by atoms with E-state index in [4.69, 9.17) is 15.6 Å². The lowest BCUT2D eigenvalue weighted by molar-refractivity contribution is -0.133. The molecule has 0 aliphatic carbocycles. The number of urea groups is 1. The fourth-order valence-corrected chi connectivity index (χ4v) is 4.75. The molecule has 5 rings (SSSR count). The summed E-state index contributed by atoms with van der Waals surface area (Å²) in [6.07, 6.45) is 2.38. The van der Waals surface area contributed by atoms with Crippen molar-refractivity contribution in [1.82, 2.24) is 14.9 Å². The van der Waals surface area contributed by atoms with Gasteiger partial charge in [-0.05, 0) is 48.1 Å². The first-order valence-corrected chi connectivity index (χ1v) is 11.8. The molecule has 0 spiro atoms. The van der Waals surface area contributed by atoms with Gasteiger partial charge in [0, 0.05) is 44.3 Å². The molecule has 1 saturated heterocycles. The van der Waals surface area contributed by atoms with Crippen LogP contribution in [0.15, 0.2) is 41.5 Å². The summed E-state index contributed by atoms with van der Waals surface area (Å²) in [6.45, 7) is 5.13. The van der Waals surface area contributed by atoms with Gasteiger partial charge in [-0.1, -0.05) is 25.1 Å². The van der Waals surface area contributed by atoms with Crippen LogP contribution in [0.4, 0.5) is 16.3 Å². The minimum atomic E-state index is -0.180. The van der Waals surface area contributed by atoms with Gasteiger partial charge in [-0.2, -0.15) is 5.10 Å². The molecule has 3 aliphatic heterocycles. The third-order valence-corrected chi connectivity index (χ3v) is 6.75. The molecule has 9 nitrogen and oxygen atoms in total. The summed E-state index contributed by atoms with van der Waals surface area (Å²) in [5.74, 6) is 1.01. The Bertz CT molecular complexity index is 1110. The number of anilines is 2. The highest BCUT2D eigenvalue weighted by molar-refractivity contribution is 6.06. The zero-order chi connectivity index (χ0) is 23.7. The first-order valence-electron chi connectivity index (χ1n) is 11.8. The smallest absolute Gasteiger partial charge is 0.322 e. The van der Waals surface area contributed by atoms with Crippen LogP contribution in [0.25, 0.3) is 0 Å². The monoisotopic (exact) mass is 462 g/mol. The van der Waals surface area contributed by atoms with Crippen LogP contribution in [-0.4, -0.2) is 52.3 Å². The Balaban J connectivity index is 1.24. The van der Waals surface area contributed by atoms with Crippen molar-refractivity contribution in [3.05, 3.63) is 53.2 Å². The van der Waals surface area contributed by atoms with Crippen LogP contribution in [-0.2, 0) is 22.6 Å². The molecule has 2 aromatic rings. The summed E-state index contributed by atoms with van der Waals surface area (Å²) in [4.78, 5) is 31.4. The average Bonchev–Trinajstić information content (AvgIpc) is 3.26. The Morgan fingerprint density at radius 1 is 1.15 bits per heavy atom. The van der Waals surface area contributed by atoms with Gasteiger partial charge in [0.15, 0.2) is 0 Å². The number of carbonyl (C=O) groups is 2. The third kappa shape index (κ3) is 4.75. The lowest BCUT2D eigenvalue weighted by Gasteiger charge is -2.31. The molecule has 0 saturated carbocycles. The first-order chi connectivity index (χ1) is 16.5. The fourth-order valence-electron chi connectivity index (χ4n) is 4.75. The zero-order valence-electron chi connectivity index (χ0n) is 19.4. The highest BCUT2D eigenvalue weighted by atomic mass is 16.5. The molecule has 0 bridgehead atoms. The molecule has 1 atom stereocenters. The second-order valence-corrected chi connectivity index (χ2v) is 9.33. The van der Waals surface area contributed by atoms with Gasteiger partial charge in [-0.25, -0.2) is 14.8 Å². The Morgan fingerprint density at radius 3 is 2.68 bits per heavy atom.